The second kappa shape index (κ2) is 4.94. The van der Waals surface area contributed by atoms with Gasteiger partial charge in [0.25, 0.3) is 0 Å². The highest BCUT2D eigenvalue weighted by atomic mass is 35.5. The lowest BCUT2D eigenvalue weighted by Gasteiger charge is -2.13. The summed E-state index contributed by atoms with van der Waals surface area (Å²) in [6.07, 6.45) is 3.68. The number of fused-ring (bicyclic) bond motifs is 1. The molecule has 5 heteroatoms. The number of hydrogen-bond acceptors (Lipinski definition) is 2. The summed E-state index contributed by atoms with van der Waals surface area (Å²) in [5.74, 6) is -1.92. The van der Waals surface area contributed by atoms with Crippen molar-refractivity contribution in [2.45, 2.75) is 19.3 Å². The van der Waals surface area contributed by atoms with Crippen molar-refractivity contribution in [1.82, 2.24) is 4.98 Å². The summed E-state index contributed by atoms with van der Waals surface area (Å²) in [7, 11) is 0. The molecule has 2 atom stereocenters. The van der Waals surface area contributed by atoms with E-state index in [2.05, 4.69) is 4.98 Å². The number of carbonyl (C=O) groups excluding carboxylic acids is 1. The number of carboxylic acid groups (broad SMARTS) is 1. The molecule has 0 bridgehead atoms. The molecule has 1 saturated carbocycles. The van der Waals surface area contributed by atoms with Crippen LogP contribution in [-0.2, 0) is 4.79 Å². The molecule has 2 N–H and O–H groups in total. The van der Waals surface area contributed by atoms with Gasteiger partial charge in [-0.25, -0.2) is 0 Å². The number of nitrogens with one attached hydrogen (secondary N) is 1. The first-order chi connectivity index (χ1) is 9.58. The van der Waals surface area contributed by atoms with Crippen LogP contribution in [-0.4, -0.2) is 21.8 Å². The van der Waals surface area contributed by atoms with Crippen molar-refractivity contribution in [1.29, 1.82) is 0 Å². The molecule has 1 aliphatic carbocycles. The number of halogens is 1. The van der Waals surface area contributed by atoms with Crippen LogP contribution in [0.5, 0.6) is 0 Å². The van der Waals surface area contributed by atoms with Crippen LogP contribution < -0.4 is 0 Å². The van der Waals surface area contributed by atoms with Crippen molar-refractivity contribution in [3.05, 3.63) is 35.0 Å². The number of Topliss-reactive ketones (excluding diaryl/α,β-unsaturated/α-hetero) is 1. The predicted octanol–water partition coefficient (Wildman–Crippen LogP) is 3.50. The van der Waals surface area contributed by atoms with Gasteiger partial charge in [0.05, 0.1) is 5.92 Å². The molecule has 1 fully saturated rings. The van der Waals surface area contributed by atoms with Gasteiger partial charge >= 0.3 is 5.97 Å². The zero-order valence-corrected chi connectivity index (χ0v) is 11.5. The van der Waals surface area contributed by atoms with Crippen LogP contribution in [0.4, 0.5) is 0 Å². The van der Waals surface area contributed by atoms with Crippen LogP contribution in [0.1, 0.15) is 29.6 Å². The third-order valence-electron chi connectivity index (χ3n) is 4.08. The number of aromatic amines is 1. The monoisotopic (exact) mass is 291 g/mol. The van der Waals surface area contributed by atoms with Crippen molar-refractivity contribution < 1.29 is 14.7 Å². The smallest absolute Gasteiger partial charge is 0.307 e. The fourth-order valence-electron chi connectivity index (χ4n) is 3.07. The molecule has 20 heavy (non-hydrogen) atoms. The fraction of sp³-hybridized carbons (Fsp3) is 0.333. The Bertz CT molecular complexity index is 691. The van der Waals surface area contributed by atoms with Crippen molar-refractivity contribution in [2.24, 2.45) is 11.8 Å². The van der Waals surface area contributed by atoms with Crippen LogP contribution >= 0.6 is 11.6 Å². The van der Waals surface area contributed by atoms with Gasteiger partial charge in [-0.3, -0.25) is 9.59 Å². The molecule has 1 aliphatic rings. The Morgan fingerprint density at radius 3 is 2.75 bits per heavy atom. The van der Waals surface area contributed by atoms with Crippen molar-refractivity contribution in [3.63, 3.8) is 0 Å². The van der Waals surface area contributed by atoms with Crippen LogP contribution in [0.15, 0.2) is 24.4 Å². The lowest BCUT2D eigenvalue weighted by atomic mass is 9.88. The number of hydrogen-bond donors (Lipinski definition) is 2. The molecular weight excluding hydrogens is 278 g/mol. The molecule has 0 radical (unpaired) electrons. The summed E-state index contributed by atoms with van der Waals surface area (Å²) in [4.78, 5) is 26.8. The van der Waals surface area contributed by atoms with E-state index in [-0.39, 0.29) is 5.78 Å². The van der Waals surface area contributed by atoms with Gasteiger partial charge in [0.2, 0.25) is 0 Å². The second-order valence-electron chi connectivity index (χ2n) is 5.24. The van der Waals surface area contributed by atoms with E-state index in [4.69, 9.17) is 11.6 Å². The number of benzene rings is 1. The molecule has 2 aromatic rings. The molecule has 1 heterocycles. The number of rotatable bonds is 3. The molecule has 0 saturated heterocycles. The van der Waals surface area contributed by atoms with E-state index in [9.17, 15) is 14.7 Å². The third-order valence-corrected chi connectivity index (χ3v) is 4.31. The molecule has 3 rings (SSSR count). The lowest BCUT2D eigenvalue weighted by Crippen LogP contribution is -2.25. The van der Waals surface area contributed by atoms with Gasteiger partial charge in [0.15, 0.2) is 5.78 Å². The largest absolute Gasteiger partial charge is 0.481 e. The van der Waals surface area contributed by atoms with Crippen LogP contribution in [0, 0.1) is 11.8 Å². The van der Waals surface area contributed by atoms with E-state index in [1.54, 1.807) is 24.4 Å². The van der Waals surface area contributed by atoms with Crippen LogP contribution in [0.25, 0.3) is 10.9 Å². The minimum atomic E-state index is -0.872. The predicted molar refractivity (Wildman–Crippen MR) is 76.1 cm³/mol. The number of aromatic nitrogens is 1. The van der Waals surface area contributed by atoms with Crippen molar-refractivity contribution in [2.75, 3.05) is 0 Å². The average molecular weight is 292 g/mol. The molecule has 4 nitrogen and oxygen atoms in total. The summed E-state index contributed by atoms with van der Waals surface area (Å²) < 4.78 is 0. The Morgan fingerprint density at radius 2 is 2.00 bits per heavy atom. The van der Waals surface area contributed by atoms with E-state index in [0.717, 1.165) is 17.3 Å². The summed E-state index contributed by atoms with van der Waals surface area (Å²) in [6.45, 7) is 0. The molecule has 2 unspecified atom stereocenters. The summed E-state index contributed by atoms with van der Waals surface area (Å²) in [6, 6.07) is 5.29. The van der Waals surface area contributed by atoms with Gasteiger partial charge in [0, 0.05) is 33.6 Å². The highest BCUT2D eigenvalue weighted by Crippen LogP contribution is 2.36. The number of aliphatic carboxylic acids is 1. The van der Waals surface area contributed by atoms with Gasteiger partial charge < -0.3 is 10.1 Å². The first-order valence-electron chi connectivity index (χ1n) is 6.61. The van der Waals surface area contributed by atoms with E-state index in [0.29, 0.717) is 23.4 Å². The minimum absolute atomic E-state index is 0.0801. The molecule has 0 amide bonds. The summed E-state index contributed by atoms with van der Waals surface area (Å²) in [5, 5.41) is 10.6. The fourth-order valence-corrected chi connectivity index (χ4v) is 3.24. The van der Waals surface area contributed by atoms with E-state index in [1.165, 1.54) is 0 Å². The molecule has 1 aromatic heterocycles. The molecule has 0 spiro atoms. The number of carboxylic acids is 1. The first-order valence-corrected chi connectivity index (χ1v) is 6.99. The first kappa shape index (κ1) is 13.2. The van der Waals surface area contributed by atoms with Gasteiger partial charge in [-0.1, -0.05) is 24.1 Å². The van der Waals surface area contributed by atoms with Crippen molar-refractivity contribution >= 4 is 34.3 Å². The highest BCUT2D eigenvalue weighted by Gasteiger charge is 2.38. The number of ketones is 1. The Labute approximate surface area is 120 Å². The zero-order chi connectivity index (χ0) is 14.3. The molecular formula is C15H14ClNO3. The Hall–Kier alpha value is -1.81. The number of carbonyl (C=O) groups is 2. The highest BCUT2D eigenvalue weighted by molar-refractivity contribution is 6.31. The van der Waals surface area contributed by atoms with Gasteiger partial charge in [0.1, 0.15) is 0 Å². The van der Waals surface area contributed by atoms with Crippen molar-refractivity contribution in [3.8, 4) is 0 Å². The standard InChI is InChI=1S/C15H14ClNO3/c16-8-4-5-9-12(7-17-13(9)6-8)14(18)10-2-1-3-11(10)15(19)20/h4-7,10-11,17H,1-3H2,(H,19,20). The number of H-pyrrole nitrogens is 1. The second-order valence-corrected chi connectivity index (χ2v) is 5.68. The third kappa shape index (κ3) is 2.10. The molecule has 104 valence electrons. The SMILES string of the molecule is O=C(O)C1CCCC1C(=O)c1c[nH]c2cc(Cl)ccc12. The van der Waals surface area contributed by atoms with E-state index in [1.807, 2.05) is 0 Å². The van der Waals surface area contributed by atoms with Gasteiger partial charge in [-0.15, -0.1) is 0 Å². The van der Waals surface area contributed by atoms with Gasteiger partial charge in [-0.05, 0) is 25.0 Å². The normalized spacial score (nSPS) is 22.2. The van der Waals surface area contributed by atoms with E-state index < -0.39 is 17.8 Å². The minimum Gasteiger partial charge on any atom is -0.481 e. The average Bonchev–Trinajstić information content (AvgIpc) is 3.03. The Kier molecular flexibility index (Phi) is 3.26. The van der Waals surface area contributed by atoms with E-state index >= 15 is 0 Å². The maximum atomic E-state index is 12.6. The Morgan fingerprint density at radius 1 is 1.25 bits per heavy atom. The maximum Gasteiger partial charge on any atom is 0.307 e. The quantitative estimate of drug-likeness (QED) is 0.850. The summed E-state index contributed by atoms with van der Waals surface area (Å²) in [5.41, 5.74) is 1.36. The zero-order valence-electron chi connectivity index (χ0n) is 10.7. The van der Waals surface area contributed by atoms with Crippen LogP contribution in [0.2, 0.25) is 5.02 Å². The van der Waals surface area contributed by atoms with Gasteiger partial charge in [-0.2, -0.15) is 0 Å². The van der Waals surface area contributed by atoms with Crippen LogP contribution in [0.3, 0.4) is 0 Å². The maximum absolute atomic E-state index is 12.6. The molecule has 1 aromatic carbocycles. The Balaban J connectivity index is 1.98. The topological polar surface area (TPSA) is 70.2 Å². The summed E-state index contributed by atoms with van der Waals surface area (Å²) >= 11 is 5.92. The lowest BCUT2D eigenvalue weighted by molar-refractivity contribution is -0.142. The molecule has 0 aliphatic heterocycles.